The minimum Gasteiger partial charge on any atom is -0.432 e. The van der Waals surface area contributed by atoms with E-state index in [1.165, 1.54) is 6.92 Å². The van der Waals surface area contributed by atoms with E-state index < -0.39 is 145 Å². The molecule has 5 aliphatic carbocycles. The zero-order valence-electron chi connectivity index (χ0n) is 43.7. The van der Waals surface area contributed by atoms with Gasteiger partial charge in [0.15, 0.2) is 18.7 Å². The van der Waals surface area contributed by atoms with Crippen LogP contribution in [-0.4, -0.2) is 182 Å². The molecular formula is C53H86N2O18. The van der Waals surface area contributed by atoms with E-state index in [2.05, 4.69) is 46.0 Å². The third-order valence-electron chi connectivity index (χ3n) is 20.3. The Morgan fingerprint density at radius 3 is 2.16 bits per heavy atom. The number of ether oxygens (including phenoxy) is 6. The molecule has 20 heteroatoms. The molecule has 0 aromatic heterocycles. The van der Waals surface area contributed by atoms with Crippen molar-refractivity contribution in [2.45, 2.75) is 230 Å². The number of nitrogens with two attached hydrogens (primary N) is 1. The van der Waals surface area contributed by atoms with Crippen LogP contribution in [-0.2, 0) is 42.8 Å². The third-order valence-corrected chi connectivity index (χ3v) is 20.3. The number of amides is 1. The van der Waals surface area contributed by atoms with Crippen molar-refractivity contribution < 1.29 is 88.8 Å². The maximum atomic E-state index is 15.6. The Labute approximate surface area is 428 Å². The molecule has 8 rings (SSSR count). The van der Waals surface area contributed by atoms with Crippen LogP contribution < -0.4 is 11.1 Å². The van der Waals surface area contributed by atoms with Crippen molar-refractivity contribution in [3.05, 3.63) is 11.6 Å². The Bertz CT molecular complexity index is 2030. The number of unbranched alkanes of at least 4 members (excludes halogenated alkanes) is 2. The lowest BCUT2D eigenvalue weighted by Crippen LogP contribution is -2.69. The second-order valence-corrected chi connectivity index (χ2v) is 25.0. The summed E-state index contributed by atoms with van der Waals surface area (Å²) in [6, 6.07) is -1.34. The molecule has 0 aromatic carbocycles. The minimum absolute atomic E-state index is 0.0375. The molecule has 3 saturated heterocycles. The molecule has 7 fully saturated rings. The minimum atomic E-state index is -1.93. The standard InChI is InChI=1S/C53H86N2O18/c1-26-42(71-44-40(65)37(62)29(58)24-68-44)39(64)41(66)45(69-26)72-43-38(63)36(55-35(61)11-9-8-10-20-54)30(23-56)70-46(43)73-47(67)53-19-18-48(2,3)21-28(53)27-12-13-32-49(4)16-15-33(59)50(5,25-57)31(49)14-17-51(32,6)52(27,7)22-34(53)60/h12,25-26,28-34,36-46,56,58-60,62-66H,8-11,13-24,54H2,1-7H3,(H,55,61)/t26?,28?,29-,30?,31-,32?,33+,34?,36+,37?,38?,39?,40?,41?,42+,43?,44+,45+,46+,49?,50-,51+,52-,53-/m1/s1. The molecule has 0 bridgehead atoms. The highest BCUT2D eigenvalue weighted by atomic mass is 16.8. The number of aldehydes is 1. The molecule has 24 atom stereocenters. The molecule has 1 amide bonds. The summed E-state index contributed by atoms with van der Waals surface area (Å²) >= 11 is 0. The van der Waals surface area contributed by atoms with Crippen LogP contribution in [0.2, 0.25) is 0 Å². The fourth-order valence-corrected chi connectivity index (χ4v) is 15.7. The van der Waals surface area contributed by atoms with E-state index in [-0.39, 0.29) is 47.3 Å². The smallest absolute Gasteiger partial charge is 0.317 e. The zero-order chi connectivity index (χ0) is 53.4. The van der Waals surface area contributed by atoms with Gasteiger partial charge in [-0.15, -0.1) is 0 Å². The highest BCUT2D eigenvalue weighted by Gasteiger charge is 2.72. The van der Waals surface area contributed by atoms with Crippen LogP contribution in [0.1, 0.15) is 132 Å². The van der Waals surface area contributed by atoms with E-state index in [0.717, 1.165) is 31.1 Å². The van der Waals surface area contributed by atoms with Gasteiger partial charge in [0, 0.05) is 6.42 Å². The van der Waals surface area contributed by atoms with Crippen molar-refractivity contribution >= 4 is 18.2 Å². The first-order valence-electron chi connectivity index (χ1n) is 26.9. The molecule has 416 valence electrons. The number of carbonyl (C=O) groups is 3. The molecule has 73 heavy (non-hydrogen) atoms. The van der Waals surface area contributed by atoms with Gasteiger partial charge < -0.3 is 90.2 Å². The number of aliphatic hydroxyl groups is 9. The molecule has 3 heterocycles. The van der Waals surface area contributed by atoms with Crippen molar-refractivity contribution in [2.24, 2.45) is 56.0 Å². The van der Waals surface area contributed by atoms with Gasteiger partial charge in [0.1, 0.15) is 60.5 Å². The number of allylic oxidation sites excluding steroid dienone is 2. The number of aliphatic hydroxyl groups excluding tert-OH is 9. The van der Waals surface area contributed by atoms with E-state index >= 15 is 4.79 Å². The Balaban J connectivity index is 1.10. The van der Waals surface area contributed by atoms with Crippen molar-refractivity contribution in [1.82, 2.24) is 5.32 Å². The second kappa shape index (κ2) is 21.2. The molecule has 0 aromatic rings. The van der Waals surface area contributed by atoms with E-state index in [1.807, 2.05) is 6.92 Å². The van der Waals surface area contributed by atoms with Crippen LogP contribution in [0.4, 0.5) is 0 Å². The van der Waals surface area contributed by atoms with Gasteiger partial charge in [-0.05, 0) is 124 Å². The summed E-state index contributed by atoms with van der Waals surface area (Å²) in [4.78, 5) is 41.7. The first-order chi connectivity index (χ1) is 34.3. The highest BCUT2D eigenvalue weighted by Crippen LogP contribution is 2.76. The normalized spacial score (nSPS) is 50.5. The van der Waals surface area contributed by atoms with Crippen molar-refractivity contribution in [2.75, 3.05) is 19.8 Å². The largest absolute Gasteiger partial charge is 0.432 e. The lowest BCUT2D eigenvalue weighted by Gasteiger charge is -2.71. The summed E-state index contributed by atoms with van der Waals surface area (Å²) in [5, 5.41) is 104. The molecule has 0 spiro atoms. The highest BCUT2D eigenvalue weighted by molar-refractivity contribution is 5.80. The summed E-state index contributed by atoms with van der Waals surface area (Å²) in [6.45, 7) is 13.8. The number of nitrogens with one attached hydrogen (secondary N) is 1. The van der Waals surface area contributed by atoms with Crippen LogP contribution in [0.5, 0.6) is 0 Å². The Kier molecular flexibility index (Phi) is 16.5. The average Bonchev–Trinajstić information content (AvgIpc) is 3.33. The van der Waals surface area contributed by atoms with Gasteiger partial charge in [-0.2, -0.15) is 0 Å². The summed E-state index contributed by atoms with van der Waals surface area (Å²) in [5.41, 5.74) is 2.84. The lowest BCUT2D eigenvalue weighted by molar-refractivity contribution is -0.370. The number of fused-ring (bicyclic) bond motifs is 7. The number of hydrogen-bond donors (Lipinski definition) is 11. The van der Waals surface area contributed by atoms with Crippen molar-refractivity contribution in [3.63, 3.8) is 0 Å². The fourth-order valence-electron chi connectivity index (χ4n) is 15.7. The van der Waals surface area contributed by atoms with Crippen molar-refractivity contribution in [3.8, 4) is 0 Å². The summed E-state index contributed by atoms with van der Waals surface area (Å²) in [5.74, 6) is -1.72. The summed E-state index contributed by atoms with van der Waals surface area (Å²) in [6.07, 6.45) is -12.8. The lowest BCUT2D eigenvalue weighted by atomic mass is 9.33. The van der Waals surface area contributed by atoms with Gasteiger partial charge in [-0.25, -0.2) is 0 Å². The Morgan fingerprint density at radius 2 is 1.48 bits per heavy atom. The fraction of sp³-hybridized carbons (Fsp3) is 0.906. The zero-order valence-corrected chi connectivity index (χ0v) is 43.7. The molecular weight excluding hydrogens is 953 g/mol. The molecule has 0 radical (unpaired) electrons. The van der Waals surface area contributed by atoms with Gasteiger partial charge >= 0.3 is 5.97 Å². The van der Waals surface area contributed by atoms with Gasteiger partial charge in [0.25, 0.3) is 0 Å². The SMILES string of the molecule is CC1O[C@@H](OC2C(O)[C@@H](NC(=O)CCCCCN)C(CO)O[C@H]2OC(=O)[C@]23CCC(C)(C)CC2C2=CCC4C5(C)CC[C@H](O)[C@](C)(C=O)[C@@H]5CC[C@]4(C)[C@]2(C)CC3O)C(O)C(O)[C@H]1O[C@@H]1OC[C@@H](O)C(O)C1O. The third kappa shape index (κ3) is 9.59. The van der Waals surface area contributed by atoms with E-state index in [4.69, 9.17) is 34.2 Å². The summed E-state index contributed by atoms with van der Waals surface area (Å²) < 4.78 is 36.2. The van der Waals surface area contributed by atoms with E-state index in [0.29, 0.717) is 51.5 Å². The first-order valence-corrected chi connectivity index (χ1v) is 26.9. The van der Waals surface area contributed by atoms with Crippen LogP contribution in [0.25, 0.3) is 0 Å². The number of rotatable bonds is 14. The van der Waals surface area contributed by atoms with Gasteiger partial charge in [-0.1, -0.05) is 59.6 Å². The molecule has 20 nitrogen and oxygen atoms in total. The quantitative estimate of drug-likeness (QED) is 0.0491. The molecule has 4 saturated carbocycles. The van der Waals surface area contributed by atoms with Crippen LogP contribution >= 0.6 is 0 Å². The second-order valence-electron chi connectivity index (χ2n) is 25.0. The van der Waals surface area contributed by atoms with Gasteiger partial charge in [0.05, 0.1) is 43.0 Å². The maximum absolute atomic E-state index is 15.6. The predicted octanol–water partition coefficient (Wildman–Crippen LogP) is 0.600. The Hall–Kier alpha value is -2.25. The Morgan fingerprint density at radius 1 is 0.781 bits per heavy atom. The van der Waals surface area contributed by atoms with E-state index in [1.54, 1.807) is 0 Å². The summed E-state index contributed by atoms with van der Waals surface area (Å²) in [7, 11) is 0. The monoisotopic (exact) mass is 1040 g/mol. The maximum Gasteiger partial charge on any atom is 0.317 e. The number of esters is 1. The predicted molar refractivity (Wildman–Crippen MR) is 258 cm³/mol. The van der Waals surface area contributed by atoms with Crippen LogP contribution in [0, 0.1) is 50.2 Å². The van der Waals surface area contributed by atoms with Gasteiger partial charge in [0.2, 0.25) is 12.2 Å². The van der Waals surface area contributed by atoms with Gasteiger partial charge in [-0.3, -0.25) is 9.59 Å². The van der Waals surface area contributed by atoms with Crippen LogP contribution in [0.3, 0.4) is 0 Å². The first kappa shape index (κ1) is 56.9. The molecule has 8 aliphatic rings. The van der Waals surface area contributed by atoms with E-state index in [9.17, 15) is 55.5 Å². The molecule has 12 unspecified atom stereocenters. The topological polar surface area (TPSA) is 327 Å². The van der Waals surface area contributed by atoms with Crippen LogP contribution in [0.15, 0.2) is 11.6 Å². The molecule has 12 N–H and O–H groups in total. The number of hydrogen-bond acceptors (Lipinski definition) is 19. The number of carbonyl (C=O) groups excluding carboxylic acids is 3. The average molecular weight is 1040 g/mol. The van der Waals surface area contributed by atoms with Crippen molar-refractivity contribution in [1.29, 1.82) is 0 Å². The molecule has 3 aliphatic heterocycles.